The van der Waals surface area contributed by atoms with Gasteiger partial charge in [0, 0.05) is 5.33 Å². The van der Waals surface area contributed by atoms with E-state index in [0.29, 0.717) is 0 Å². The molecule has 48 valence electrons. The minimum absolute atomic E-state index is 0.937. The molecule has 0 saturated heterocycles. The number of halogens is 1. The van der Waals surface area contributed by atoms with Crippen molar-refractivity contribution in [3.05, 3.63) is 29.8 Å². The molecule has 1 atom stereocenters. The van der Waals surface area contributed by atoms with Crippen molar-refractivity contribution in [2.24, 2.45) is 0 Å². The predicted octanol–water partition coefficient (Wildman–Crippen LogP) is 2.08. The van der Waals surface area contributed by atoms with Gasteiger partial charge in [-0.1, -0.05) is 40.2 Å². The van der Waals surface area contributed by atoms with Gasteiger partial charge < -0.3 is 0 Å². The summed E-state index contributed by atoms with van der Waals surface area (Å²) in [4.78, 5) is 0. The standard InChI is InChI=1S/C7H8BrP/c8-5-6-3-1-2-4-7(6)9/h1-4H,5,9H2. The monoisotopic (exact) mass is 202 g/mol. The summed E-state index contributed by atoms with van der Waals surface area (Å²) in [6.45, 7) is 0. The number of rotatable bonds is 1. The summed E-state index contributed by atoms with van der Waals surface area (Å²) in [6.07, 6.45) is 0. The van der Waals surface area contributed by atoms with Crippen molar-refractivity contribution >= 4 is 30.5 Å². The molecule has 0 aliphatic carbocycles. The molecule has 0 radical (unpaired) electrons. The number of hydrogen-bond donors (Lipinski definition) is 0. The minimum Gasteiger partial charge on any atom is -0.105 e. The van der Waals surface area contributed by atoms with Gasteiger partial charge in [0.1, 0.15) is 0 Å². The Bertz CT molecular complexity index is 198. The third-order valence-corrected chi connectivity index (χ3v) is 2.37. The van der Waals surface area contributed by atoms with Crippen molar-refractivity contribution < 1.29 is 0 Å². The van der Waals surface area contributed by atoms with E-state index in [2.05, 4.69) is 37.3 Å². The Morgan fingerprint density at radius 3 is 2.44 bits per heavy atom. The molecule has 0 spiro atoms. The molecule has 0 aromatic heterocycles. The third-order valence-electron chi connectivity index (χ3n) is 1.20. The van der Waals surface area contributed by atoms with Crippen molar-refractivity contribution in [1.29, 1.82) is 0 Å². The van der Waals surface area contributed by atoms with E-state index < -0.39 is 0 Å². The SMILES string of the molecule is Pc1ccccc1CBr. The number of hydrogen-bond acceptors (Lipinski definition) is 0. The van der Waals surface area contributed by atoms with E-state index in [-0.39, 0.29) is 0 Å². The second-order valence-electron chi connectivity index (χ2n) is 1.83. The summed E-state index contributed by atoms with van der Waals surface area (Å²) in [5, 5.41) is 2.21. The Balaban J connectivity index is 3.01. The van der Waals surface area contributed by atoms with Crippen molar-refractivity contribution in [1.82, 2.24) is 0 Å². The molecule has 1 aromatic carbocycles. The van der Waals surface area contributed by atoms with Gasteiger partial charge in [0.05, 0.1) is 0 Å². The van der Waals surface area contributed by atoms with Gasteiger partial charge in [-0.25, -0.2) is 0 Å². The van der Waals surface area contributed by atoms with Crippen LogP contribution in [0.5, 0.6) is 0 Å². The van der Waals surface area contributed by atoms with Crippen LogP contribution in [0.25, 0.3) is 0 Å². The first-order valence-electron chi connectivity index (χ1n) is 2.74. The summed E-state index contributed by atoms with van der Waals surface area (Å²) >= 11 is 3.39. The van der Waals surface area contributed by atoms with Crippen molar-refractivity contribution in [2.45, 2.75) is 5.33 Å². The maximum atomic E-state index is 3.39. The van der Waals surface area contributed by atoms with Gasteiger partial charge in [0.2, 0.25) is 0 Å². The average molecular weight is 203 g/mol. The molecule has 1 aromatic rings. The molecule has 0 heterocycles. The summed E-state index contributed by atoms with van der Waals surface area (Å²) in [5.41, 5.74) is 1.34. The van der Waals surface area contributed by atoms with Crippen molar-refractivity contribution in [3.8, 4) is 0 Å². The van der Waals surface area contributed by atoms with Crippen LogP contribution in [-0.4, -0.2) is 0 Å². The highest BCUT2D eigenvalue weighted by Crippen LogP contribution is 2.04. The van der Waals surface area contributed by atoms with Crippen molar-refractivity contribution in [3.63, 3.8) is 0 Å². The molecule has 0 aliphatic heterocycles. The lowest BCUT2D eigenvalue weighted by atomic mass is 10.2. The van der Waals surface area contributed by atoms with Crippen LogP contribution in [0.1, 0.15) is 5.56 Å². The minimum atomic E-state index is 0.937. The van der Waals surface area contributed by atoms with E-state index in [4.69, 9.17) is 0 Å². The van der Waals surface area contributed by atoms with Crippen LogP contribution in [0.4, 0.5) is 0 Å². The third kappa shape index (κ3) is 1.77. The summed E-state index contributed by atoms with van der Waals surface area (Å²) in [7, 11) is 2.70. The fraction of sp³-hybridized carbons (Fsp3) is 0.143. The Morgan fingerprint density at radius 1 is 1.33 bits per heavy atom. The Hall–Kier alpha value is 0.130. The molecule has 0 N–H and O–H groups in total. The molecule has 9 heavy (non-hydrogen) atoms. The highest BCUT2D eigenvalue weighted by molar-refractivity contribution is 9.08. The molecule has 0 aliphatic rings. The largest absolute Gasteiger partial charge is 0.105 e. The highest BCUT2D eigenvalue weighted by Gasteiger charge is 1.90. The lowest BCUT2D eigenvalue weighted by Crippen LogP contribution is -1.96. The van der Waals surface area contributed by atoms with E-state index in [1.54, 1.807) is 0 Å². The predicted molar refractivity (Wildman–Crippen MR) is 48.4 cm³/mol. The van der Waals surface area contributed by atoms with Crippen LogP contribution in [0, 0.1) is 0 Å². The zero-order valence-corrected chi connectivity index (χ0v) is 7.71. The van der Waals surface area contributed by atoms with Crippen LogP contribution < -0.4 is 5.30 Å². The molecule has 0 nitrogen and oxygen atoms in total. The second-order valence-corrected chi connectivity index (χ2v) is 3.02. The van der Waals surface area contributed by atoms with Gasteiger partial charge in [-0.05, 0) is 10.9 Å². The highest BCUT2D eigenvalue weighted by atomic mass is 79.9. The zero-order chi connectivity index (χ0) is 6.69. The first kappa shape index (κ1) is 7.24. The lowest BCUT2D eigenvalue weighted by molar-refractivity contribution is 1.48. The normalized spacial score (nSPS) is 9.56. The molecule has 1 rings (SSSR count). The van der Waals surface area contributed by atoms with Crippen LogP contribution in [0.3, 0.4) is 0 Å². The summed E-state index contributed by atoms with van der Waals surface area (Å²) in [5.74, 6) is 0. The Labute approximate surface area is 66.0 Å². The van der Waals surface area contributed by atoms with E-state index in [9.17, 15) is 0 Å². The molecule has 2 heteroatoms. The quantitative estimate of drug-likeness (QED) is 0.484. The maximum absolute atomic E-state index is 3.39. The summed E-state index contributed by atoms with van der Waals surface area (Å²) < 4.78 is 0. The van der Waals surface area contributed by atoms with Gasteiger partial charge >= 0.3 is 0 Å². The molecule has 0 amide bonds. The Morgan fingerprint density at radius 2 is 2.00 bits per heavy atom. The molecule has 0 saturated carbocycles. The van der Waals surface area contributed by atoms with Gasteiger partial charge in [0.25, 0.3) is 0 Å². The van der Waals surface area contributed by atoms with E-state index >= 15 is 0 Å². The molecular weight excluding hydrogens is 195 g/mol. The van der Waals surface area contributed by atoms with Gasteiger partial charge in [-0.2, -0.15) is 0 Å². The topological polar surface area (TPSA) is 0 Å². The van der Waals surface area contributed by atoms with E-state index in [1.165, 1.54) is 10.9 Å². The zero-order valence-electron chi connectivity index (χ0n) is 4.97. The van der Waals surface area contributed by atoms with Gasteiger partial charge in [0.15, 0.2) is 0 Å². The van der Waals surface area contributed by atoms with Gasteiger partial charge in [-0.3, -0.25) is 0 Å². The fourth-order valence-electron chi connectivity index (χ4n) is 0.656. The molecular formula is C7H8BrP. The maximum Gasteiger partial charge on any atom is 0.0289 e. The van der Waals surface area contributed by atoms with Crippen LogP contribution >= 0.6 is 25.2 Å². The first-order valence-corrected chi connectivity index (χ1v) is 4.44. The first-order chi connectivity index (χ1) is 4.34. The van der Waals surface area contributed by atoms with Gasteiger partial charge in [-0.15, -0.1) is 9.24 Å². The Kier molecular flexibility index (Phi) is 2.68. The average Bonchev–Trinajstić information content (AvgIpc) is 1.89. The van der Waals surface area contributed by atoms with Crippen molar-refractivity contribution in [2.75, 3.05) is 0 Å². The molecule has 0 fully saturated rings. The number of benzene rings is 1. The molecule has 1 unspecified atom stereocenters. The summed E-state index contributed by atoms with van der Waals surface area (Å²) in [6, 6.07) is 8.27. The lowest BCUT2D eigenvalue weighted by Gasteiger charge is -1.97. The van der Waals surface area contributed by atoms with Crippen LogP contribution in [0.2, 0.25) is 0 Å². The van der Waals surface area contributed by atoms with Crippen LogP contribution in [0.15, 0.2) is 24.3 Å². The fourth-order valence-corrected chi connectivity index (χ4v) is 1.77. The molecule has 0 bridgehead atoms. The smallest absolute Gasteiger partial charge is 0.0289 e. The number of alkyl halides is 1. The van der Waals surface area contributed by atoms with E-state index in [1.807, 2.05) is 12.1 Å². The van der Waals surface area contributed by atoms with Crippen LogP contribution in [-0.2, 0) is 5.33 Å². The van der Waals surface area contributed by atoms with E-state index in [0.717, 1.165) is 5.33 Å². The second kappa shape index (κ2) is 3.34.